The molecule has 2 rings (SSSR count). The second-order valence-electron chi connectivity index (χ2n) is 3.29. The third-order valence-corrected chi connectivity index (χ3v) is 2.94. The molecule has 0 spiro atoms. The summed E-state index contributed by atoms with van der Waals surface area (Å²) in [5.41, 5.74) is 6.56. The van der Waals surface area contributed by atoms with Gasteiger partial charge in [-0.05, 0) is 25.0 Å². The molecule has 64 valence electrons. The van der Waals surface area contributed by atoms with Gasteiger partial charge in [0.05, 0.1) is 0 Å². The molecule has 12 heavy (non-hydrogen) atoms. The lowest BCUT2D eigenvalue weighted by Gasteiger charge is -2.12. The first-order valence-corrected chi connectivity index (χ1v) is 4.70. The first-order chi connectivity index (χ1) is 5.63. The minimum Gasteiger partial charge on any atom is -0.508 e. The summed E-state index contributed by atoms with van der Waals surface area (Å²) in [6, 6.07) is 5.38. The van der Waals surface area contributed by atoms with Gasteiger partial charge >= 0.3 is 0 Å². The van der Waals surface area contributed by atoms with Crippen molar-refractivity contribution in [3.63, 3.8) is 0 Å². The lowest BCUT2D eigenvalue weighted by molar-refractivity contribution is 0.459. The molecule has 0 heterocycles. The van der Waals surface area contributed by atoms with Crippen LogP contribution in [0.1, 0.15) is 18.4 Å². The fourth-order valence-corrected chi connectivity index (χ4v) is 2.14. The molecule has 0 unspecified atom stereocenters. The molecular weight excluding hydrogens is 218 g/mol. The maximum Gasteiger partial charge on any atom is 0.121 e. The lowest BCUT2D eigenvalue weighted by atomic mass is 10.1. The SMILES string of the molecule is NC1(c2c(O)cccc2Br)CC1. The van der Waals surface area contributed by atoms with E-state index in [0.717, 1.165) is 22.9 Å². The molecule has 1 fully saturated rings. The predicted octanol–water partition coefficient (Wildman–Crippen LogP) is 2.10. The highest BCUT2D eigenvalue weighted by Crippen LogP contribution is 2.48. The third-order valence-electron chi connectivity index (χ3n) is 2.28. The summed E-state index contributed by atoms with van der Waals surface area (Å²) in [7, 11) is 0. The van der Waals surface area contributed by atoms with Gasteiger partial charge in [-0.25, -0.2) is 0 Å². The predicted molar refractivity (Wildman–Crippen MR) is 50.9 cm³/mol. The van der Waals surface area contributed by atoms with Crippen molar-refractivity contribution in [2.75, 3.05) is 0 Å². The Balaban J connectivity index is 2.55. The second kappa shape index (κ2) is 2.47. The monoisotopic (exact) mass is 227 g/mol. The van der Waals surface area contributed by atoms with Crippen molar-refractivity contribution in [3.05, 3.63) is 28.2 Å². The van der Waals surface area contributed by atoms with Crippen LogP contribution in [0.5, 0.6) is 5.75 Å². The van der Waals surface area contributed by atoms with E-state index in [9.17, 15) is 5.11 Å². The zero-order chi connectivity index (χ0) is 8.77. The Morgan fingerprint density at radius 3 is 2.58 bits per heavy atom. The molecule has 1 aromatic carbocycles. The number of nitrogens with two attached hydrogens (primary N) is 1. The highest BCUT2D eigenvalue weighted by Gasteiger charge is 2.43. The summed E-state index contributed by atoms with van der Waals surface area (Å²) in [5, 5.41) is 9.56. The van der Waals surface area contributed by atoms with Gasteiger partial charge in [0.2, 0.25) is 0 Å². The smallest absolute Gasteiger partial charge is 0.121 e. The highest BCUT2D eigenvalue weighted by atomic mass is 79.9. The summed E-state index contributed by atoms with van der Waals surface area (Å²) < 4.78 is 0.905. The Kier molecular flexibility index (Phi) is 1.66. The highest BCUT2D eigenvalue weighted by molar-refractivity contribution is 9.10. The Morgan fingerprint density at radius 2 is 2.08 bits per heavy atom. The first-order valence-electron chi connectivity index (χ1n) is 3.90. The lowest BCUT2D eigenvalue weighted by Crippen LogP contribution is -2.19. The molecule has 1 saturated carbocycles. The van der Waals surface area contributed by atoms with E-state index >= 15 is 0 Å². The van der Waals surface area contributed by atoms with Gasteiger partial charge in [0.25, 0.3) is 0 Å². The number of phenols is 1. The van der Waals surface area contributed by atoms with Gasteiger partial charge in [0.1, 0.15) is 5.75 Å². The number of aromatic hydroxyl groups is 1. The van der Waals surface area contributed by atoms with Gasteiger partial charge in [-0.1, -0.05) is 22.0 Å². The van der Waals surface area contributed by atoms with Crippen molar-refractivity contribution >= 4 is 15.9 Å². The fraction of sp³-hybridized carbons (Fsp3) is 0.333. The van der Waals surface area contributed by atoms with E-state index in [2.05, 4.69) is 15.9 Å². The summed E-state index contributed by atoms with van der Waals surface area (Å²) in [6.07, 6.45) is 1.92. The van der Waals surface area contributed by atoms with E-state index < -0.39 is 0 Å². The number of phenolic OH excluding ortho intramolecular Hbond substituents is 1. The molecule has 0 saturated heterocycles. The maximum absolute atomic E-state index is 9.56. The van der Waals surface area contributed by atoms with E-state index in [1.54, 1.807) is 12.1 Å². The van der Waals surface area contributed by atoms with Gasteiger partial charge in [-0.3, -0.25) is 0 Å². The van der Waals surface area contributed by atoms with Crippen molar-refractivity contribution in [1.82, 2.24) is 0 Å². The van der Waals surface area contributed by atoms with Crippen molar-refractivity contribution in [2.45, 2.75) is 18.4 Å². The number of halogens is 1. The standard InChI is InChI=1S/C9H10BrNO/c10-6-2-1-3-7(12)8(6)9(11)4-5-9/h1-3,12H,4-5,11H2. The Morgan fingerprint density at radius 1 is 1.42 bits per heavy atom. The van der Waals surface area contributed by atoms with Gasteiger partial charge in [-0.15, -0.1) is 0 Å². The number of hydrogen-bond acceptors (Lipinski definition) is 2. The van der Waals surface area contributed by atoms with Gasteiger partial charge in [-0.2, -0.15) is 0 Å². The van der Waals surface area contributed by atoms with Gasteiger partial charge < -0.3 is 10.8 Å². The topological polar surface area (TPSA) is 46.2 Å². The maximum atomic E-state index is 9.56. The molecule has 0 bridgehead atoms. The average Bonchev–Trinajstić information content (AvgIpc) is 2.68. The molecule has 0 aromatic heterocycles. The molecular formula is C9H10BrNO. The molecule has 2 nitrogen and oxygen atoms in total. The number of hydrogen-bond donors (Lipinski definition) is 2. The molecule has 0 amide bonds. The van der Waals surface area contributed by atoms with E-state index in [-0.39, 0.29) is 5.54 Å². The van der Waals surface area contributed by atoms with Crippen LogP contribution in [0.15, 0.2) is 22.7 Å². The summed E-state index contributed by atoms with van der Waals surface area (Å²) in [6.45, 7) is 0. The Labute approximate surface area is 79.5 Å². The van der Waals surface area contributed by atoms with Crippen molar-refractivity contribution < 1.29 is 5.11 Å². The molecule has 0 atom stereocenters. The number of rotatable bonds is 1. The molecule has 3 N–H and O–H groups in total. The van der Waals surface area contributed by atoms with Crippen LogP contribution in [0.4, 0.5) is 0 Å². The zero-order valence-corrected chi connectivity index (χ0v) is 8.13. The molecule has 0 radical (unpaired) electrons. The molecule has 1 aromatic rings. The molecule has 1 aliphatic carbocycles. The minimum atomic E-state index is -0.274. The van der Waals surface area contributed by atoms with Gasteiger partial charge in [0.15, 0.2) is 0 Å². The van der Waals surface area contributed by atoms with Crippen molar-refractivity contribution in [1.29, 1.82) is 0 Å². The van der Waals surface area contributed by atoms with Gasteiger partial charge in [0, 0.05) is 15.6 Å². The number of benzene rings is 1. The van der Waals surface area contributed by atoms with E-state index in [0.29, 0.717) is 5.75 Å². The van der Waals surface area contributed by atoms with Crippen LogP contribution in [-0.4, -0.2) is 5.11 Å². The molecule has 0 aliphatic heterocycles. The van der Waals surface area contributed by atoms with Crippen LogP contribution in [0.3, 0.4) is 0 Å². The molecule has 1 aliphatic rings. The largest absolute Gasteiger partial charge is 0.508 e. The summed E-state index contributed by atoms with van der Waals surface area (Å²) >= 11 is 3.38. The zero-order valence-electron chi connectivity index (χ0n) is 6.55. The second-order valence-corrected chi connectivity index (χ2v) is 4.14. The van der Waals surface area contributed by atoms with Crippen LogP contribution in [0.25, 0.3) is 0 Å². The Bertz CT molecular complexity index is 300. The van der Waals surface area contributed by atoms with Crippen molar-refractivity contribution in [3.8, 4) is 5.75 Å². The summed E-state index contributed by atoms with van der Waals surface area (Å²) in [5.74, 6) is 0.296. The van der Waals surface area contributed by atoms with Crippen LogP contribution in [0, 0.1) is 0 Å². The molecule has 3 heteroatoms. The van der Waals surface area contributed by atoms with E-state index in [1.807, 2.05) is 6.07 Å². The van der Waals surface area contributed by atoms with Crippen LogP contribution < -0.4 is 5.73 Å². The quantitative estimate of drug-likeness (QED) is 0.773. The van der Waals surface area contributed by atoms with Crippen LogP contribution in [0.2, 0.25) is 0 Å². The van der Waals surface area contributed by atoms with Crippen LogP contribution in [-0.2, 0) is 5.54 Å². The minimum absolute atomic E-state index is 0.274. The normalized spacial score (nSPS) is 19.2. The Hall–Kier alpha value is -0.540. The summed E-state index contributed by atoms with van der Waals surface area (Å²) in [4.78, 5) is 0. The average molecular weight is 228 g/mol. The third kappa shape index (κ3) is 1.13. The van der Waals surface area contributed by atoms with E-state index in [4.69, 9.17) is 5.73 Å². The van der Waals surface area contributed by atoms with Crippen LogP contribution >= 0.6 is 15.9 Å². The fourth-order valence-electron chi connectivity index (χ4n) is 1.39. The van der Waals surface area contributed by atoms with Crippen molar-refractivity contribution in [2.24, 2.45) is 5.73 Å². The first kappa shape index (κ1) is 8.08. The van der Waals surface area contributed by atoms with E-state index in [1.165, 1.54) is 0 Å².